The second-order valence-corrected chi connectivity index (χ2v) is 10.3. The number of hydrogen-bond donors (Lipinski definition) is 1. The van der Waals surface area contributed by atoms with E-state index < -0.39 is 5.41 Å². The standard InChI is InChI=1S/C23H33ClN4O2/c1-15(2)27(21(30)23(6,7)8)14-20(29)25-19-13-18(22(3,4)5)26-28(19)17-11-9-16(24)10-12-17/h9-13,15H,14H2,1-8H3,(H,25,29). The second-order valence-electron chi connectivity index (χ2n) is 9.88. The van der Waals surface area contributed by atoms with E-state index in [9.17, 15) is 9.59 Å². The Kier molecular flexibility index (Phi) is 7.02. The van der Waals surface area contributed by atoms with E-state index in [4.69, 9.17) is 16.7 Å². The number of halogens is 1. The summed E-state index contributed by atoms with van der Waals surface area (Å²) in [5.41, 5.74) is 0.883. The summed E-state index contributed by atoms with van der Waals surface area (Å²) in [4.78, 5) is 27.3. The number of benzene rings is 1. The highest BCUT2D eigenvalue weighted by Gasteiger charge is 2.30. The molecule has 2 rings (SSSR count). The Morgan fingerprint density at radius 2 is 1.67 bits per heavy atom. The molecule has 30 heavy (non-hydrogen) atoms. The van der Waals surface area contributed by atoms with Crippen molar-refractivity contribution >= 4 is 29.2 Å². The first-order chi connectivity index (χ1) is 13.7. The molecule has 0 fully saturated rings. The summed E-state index contributed by atoms with van der Waals surface area (Å²) in [6.07, 6.45) is 0. The SMILES string of the molecule is CC(C)N(CC(=O)Nc1cc(C(C)(C)C)nn1-c1ccc(Cl)cc1)C(=O)C(C)(C)C. The number of amides is 2. The van der Waals surface area contributed by atoms with Crippen LogP contribution in [0.5, 0.6) is 0 Å². The minimum absolute atomic E-state index is 0.0234. The molecule has 1 aromatic heterocycles. The minimum atomic E-state index is -0.560. The summed E-state index contributed by atoms with van der Waals surface area (Å²) in [5.74, 6) is 0.227. The van der Waals surface area contributed by atoms with Gasteiger partial charge in [-0.3, -0.25) is 9.59 Å². The molecule has 0 saturated heterocycles. The van der Waals surface area contributed by atoms with Crippen molar-refractivity contribution in [3.63, 3.8) is 0 Å². The third-order valence-electron chi connectivity index (χ3n) is 4.66. The average molecular weight is 433 g/mol. The Labute approximate surface area is 184 Å². The van der Waals surface area contributed by atoms with Crippen LogP contribution in [-0.2, 0) is 15.0 Å². The molecule has 0 bridgehead atoms. The minimum Gasteiger partial charge on any atom is -0.330 e. The van der Waals surface area contributed by atoms with Crippen molar-refractivity contribution in [3.05, 3.63) is 41.0 Å². The van der Waals surface area contributed by atoms with Crippen LogP contribution in [0.1, 0.15) is 61.1 Å². The largest absolute Gasteiger partial charge is 0.330 e. The van der Waals surface area contributed by atoms with Gasteiger partial charge in [0.25, 0.3) is 0 Å². The van der Waals surface area contributed by atoms with Gasteiger partial charge < -0.3 is 10.2 Å². The van der Waals surface area contributed by atoms with Crippen LogP contribution >= 0.6 is 11.6 Å². The zero-order chi connectivity index (χ0) is 22.9. The van der Waals surface area contributed by atoms with Crippen LogP contribution in [0.25, 0.3) is 5.69 Å². The monoisotopic (exact) mass is 432 g/mol. The number of aromatic nitrogens is 2. The zero-order valence-electron chi connectivity index (χ0n) is 19.2. The van der Waals surface area contributed by atoms with Crippen LogP contribution in [0.3, 0.4) is 0 Å². The van der Waals surface area contributed by atoms with E-state index >= 15 is 0 Å². The molecule has 0 saturated carbocycles. The Hall–Kier alpha value is -2.34. The molecule has 1 heterocycles. The first kappa shape index (κ1) is 23.9. The normalized spacial score (nSPS) is 12.2. The predicted molar refractivity (Wildman–Crippen MR) is 122 cm³/mol. The van der Waals surface area contributed by atoms with Gasteiger partial charge in [-0.1, -0.05) is 53.1 Å². The summed E-state index contributed by atoms with van der Waals surface area (Å²) in [6.45, 7) is 15.6. The maximum atomic E-state index is 12.9. The molecule has 0 unspecified atom stereocenters. The number of rotatable bonds is 5. The van der Waals surface area contributed by atoms with Crippen molar-refractivity contribution in [2.45, 2.75) is 66.8 Å². The maximum absolute atomic E-state index is 12.9. The molecule has 7 heteroatoms. The Morgan fingerprint density at radius 3 is 2.13 bits per heavy atom. The summed E-state index contributed by atoms with van der Waals surface area (Å²) in [6, 6.07) is 9.04. The molecule has 1 N–H and O–H groups in total. The van der Waals surface area contributed by atoms with Crippen molar-refractivity contribution in [2.75, 3.05) is 11.9 Å². The van der Waals surface area contributed by atoms with Gasteiger partial charge in [-0.2, -0.15) is 5.10 Å². The number of carbonyl (C=O) groups is 2. The summed E-state index contributed by atoms with van der Waals surface area (Å²) < 4.78 is 1.69. The van der Waals surface area contributed by atoms with Crippen molar-refractivity contribution in [1.29, 1.82) is 0 Å². The van der Waals surface area contributed by atoms with Gasteiger partial charge in [0, 0.05) is 28.0 Å². The number of anilines is 1. The second kappa shape index (κ2) is 8.80. The van der Waals surface area contributed by atoms with E-state index in [1.54, 1.807) is 21.7 Å². The first-order valence-corrected chi connectivity index (χ1v) is 10.6. The highest BCUT2D eigenvalue weighted by Crippen LogP contribution is 2.27. The Morgan fingerprint density at radius 1 is 1.10 bits per heavy atom. The summed E-state index contributed by atoms with van der Waals surface area (Å²) in [7, 11) is 0. The van der Waals surface area contributed by atoms with Gasteiger partial charge in [0.15, 0.2) is 0 Å². The van der Waals surface area contributed by atoms with Crippen molar-refractivity contribution in [1.82, 2.24) is 14.7 Å². The maximum Gasteiger partial charge on any atom is 0.245 e. The molecule has 0 aliphatic rings. The molecule has 0 spiro atoms. The summed E-state index contributed by atoms with van der Waals surface area (Å²) in [5, 5.41) is 8.27. The van der Waals surface area contributed by atoms with Crippen LogP contribution in [-0.4, -0.2) is 39.1 Å². The van der Waals surface area contributed by atoms with Gasteiger partial charge >= 0.3 is 0 Å². The van der Waals surface area contributed by atoms with Crippen LogP contribution < -0.4 is 5.32 Å². The molecular formula is C23H33ClN4O2. The molecular weight excluding hydrogens is 400 g/mol. The molecule has 164 valence electrons. The van der Waals surface area contributed by atoms with E-state index in [1.165, 1.54) is 0 Å². The molecule has 0 atom stereocenters. The van der Waals surface area contributed by atoms with E-state index in [2.05, 4.69) is 26.1 Å². The fraction of sp³-hybridized carbons (Fsp3) is 0.522. The van der Waals surface area contributed by atoms with Gasteiger partial charge in [0.05, 0.1) is 11.4 Å². The molecule has 2 amide bonds. The first-order valence-electron chi connectivity index (χ1n) is 10.2. The third-order valence-corrected chi connectivity index (χ3v) is 4.91. The number of nitrogens with one attached hydrogen (secondary N) is 1. The highest BCUT2D eigenvalue weighted by molar-refractivity contribution is 6.30. The van der Waals surface area contributed by atoms with Gasteiger partial charge in [0.2, 0.25) is 11.8 Å². The molecule has 2 aromatic rings. The van der Waals surface area contributed by atoms with Crippen LogP contribution in [0, 0.1) is 5.41 Å². The fourth-order valence-corrected chi connectivity index (χ4v) is 3.00. The number of nitrogens with zero attached hydrogens (tertiary/aromatic N) is 3. The zero-order valence-corrected chi connectivity index (χ0v) is 20.0. The lowest BCUT2D eigenvalue weighted by Crippen LogP contribution is -2.47. The van der Waals surface area contributed by atoms with Gasteiger partial charge in [-0.15, -0.1) is 0 Å². The highest BCUT2D eigenvalue weighted by atomic mass is 35.5. The Bertz CT molecular complexity index is 903. The quantitative estimate of drug-likeness (QED) is 0.719. The van der Waals surface area contributed by atoms with Crippen molar-refractivity contribution in [2.24, 2.45) is 5.41 Å². The molecule has 6 nitrogen and oxygen atoms in total. The third kappa shape index (κ3) is 5.85. The van der Waals surface area contributed by atoms with Gasteiger partial charge in [-0.25, -0.2) is 4.68 Å². The van der Waals surface area contributed by atoms with E-state index in [0.717, 1.165) is 11.4 Å². The molecule has 0 aliphatic heterocycles. The van der Waals surface area contributed by atoms with E-state index in [0.29, 0.717) is 10.8 Å². The Balaban J connectivity index is 2.34. The number of hydrogen-bond acceptors (Lipinski definition) is 3. The van der Waals surface area contributed by atoms with Crippen molar-refractivity contribution < 1.29 is 9.59 Å². The van der Waals surface area contributed by atoms with Gasteiger partial charge in [0.1, 0.15) is 12.4 Å². The topological polar surface area (TPSA) is 67.2 Å². The van der Waals surface area contributed by atoms with Crippen LogP contribution in [0.4, 0.5) is 5.82 Å². The molecule has 0 radical (unpaired) electrons. The lowest BCUT2D eigenvalue weighted by molar-refractivity contribution is -0.143. The molecule has 0 aliphatic carbocycles. The smallest absolute Gasteiger partial charge is 0.245 e. The van der Waals surface area contributed by atoms with Crippen LogP contribution in [0.2, 0.25) is 5.02 Å². The van der Waals surface area contributed by atoms with Gasteiger partial charge in [-0.05, 0) is 38.1 Å². The number of carbonyl (C=O) groups excluding carboxylic acids is 2. The molecule has 1 aromatic carbocycles. The lowest BCUT2D eigenvalue weighted by atomic mass is 9.92. The van der Waals surface area contributed by atoms with Crippen LogP contribution in [0.15, 0.2) is 30.3 Å². The predicted octanol–water partition coefficient (Wildman–Crippen LogP) is 5.04. The van der Waals surface area contributed by atoms with E-state index in [1.807, 2.05) is 52.8 Å². The fourth-order valence-electron chi connectivity index (χ4n) is 2.87. The van der Waals surface area contributed by atoms with E-state index in [-0.39, 0.29) is 29.8 Å². The summed E-state index contributed by atoms with van der Waals surface area (Å²) >= 11 is 6.02. The average Bonchev–Trinajstić information content (AvgIpc) is 3.02. The van der Waals surface area contributed by atoms with Crippen molar-refractivity contribution in [3.8, 4) is 5.69 Å². The lowest BCUT2D eigenvalue weighted by Gasteiger charge is -2.32.